The van der Waals surface area contributed by atoms with E-state index in [1.54, 1.807) is 12.1 Å². The molecule has 1 aliphatic heterocycles. The number of imidazole rings is 1. The van der Waals surface area contributed by atoms with Gasteiger partial charge in [-0.1, -0.05) is 0 Å². The van der Waals surface area contributed by atoms with E-state index in [0.717, 1.165) is 23.7 Å². The Morgan fingerprint density at radius 2 is 2.17 bits per heavy atom. The van der Waals surface area contributed by atoms with Crippen LogP contribution in [0.3, 0.4) is 0 Å². The molecule has 1 saturated heterocycles. The van der Waals surface area contributed by atoms with Crippen LogP contribution in [-0.4, -0.2) is 39.5 Å². The minimum Gasteiger partial charge on any atom is -0.508 e. The Bertz CT molecular complexity index is 541. The van der Waals surface area contributed by atoms with Crippen molar-refractivity contribution in [2.45, 2.75) is 19.3 Å². The molecule has 1 fully saturated rings. The predicted molar refractivity (Wildman–Crippen MR) is 70.8 cm³/mol. The normalized spacial score (nSPS) is 18.5. The Hall–Kier alpha value is -1.55. The number of aromatic nitrogens is 2. The molecule has 4 heteroatoms. The van der Waals surface area contributed by atoms with Crippen LogP contribution in [0, 0.1) is 5.92 Å². The highest BCUT2D eigenvalue weighted by Crippen LogP contribution is 2.22. The zero-order chi connectivity index (χ0) is 12.5. The van der Waals surface area contributed by atoms with Gasteiger partial charge < -0.3 is 14.4 Å². The molecule has 0 aromatic carbocycles. The monoisotopic (exact) mass is 245 g/mol. The highest BCUT2D eigenvalue weighted by atomic mass is 16.3. The molecule has 3 heterocycles. The lowest BCUT2D eigenvalue weighted by atomic mass is 9.93. The average molecular weight is 245 g/mol. The molecule has 2 aromatic rings. The third kappa shape index (κ3) is 2.20. The maximum Gasteiger partial charge on any atom is 0.119 e. The van der Waals surface area contributed by atoms with Crippen molar-refractivity contribution in [1.82, 2.24) is 14.3 Å². The van der Waals surface area contributed by atoms with Gasteiger partial charge in [0, 0.05) is 18.7 Å². The molecular formula is C14H19N3O. The third-order valence-electron chi connectivity index (χ3n) is 3.90. The summed E-state index contributed by atoms with van der Waals surface area (Å²) in [6.07, 6.45) is 7.28. The molecular weight excluding hydrogens is 226 g/mol. The molecule has 96 valence electrons. The molecule has 0 spiro atoms. The van der Waals surface area contributed by atoms with Crippen molar-refractivity contribution in [3.63, 3.8) is 0 Å². The van der Waals surface area contributed by atoms with E-state index in [1.807, 2.05) is 12.4 Å². The zero-order valence-corrected chi connectivity index (χ0v) is 10.7. The van der Waals surface area contributed by atoms with Gasteiger partial charge in [-0.2, -0.15) is 0 Å². The van der Waals surface area contributed by atoms with Crippen molar-refractivity contribution in [3.8, 4) is 5.75 Å². The van der Waals surface area contributed by atoms with Gasteiger partial charge in [-0.05, 0) is 45.0 Å². The number of fused-ring (bicyclic) bond motifs is 1. The number of pyridine rings is 1. The molecule has 1 N–H and O–H groups in total. The van der Waals surface area contributed by atoms with Gasteiger partial charge in [-0.15, -0.1) is 0 Å². The Balaban J connectivity index is 1.78. The quantitative estimate of drug-likeness (QED) is 0.879. The summed E-state index contributed by atoms with van der Waals surface area (Å²) in [6.45, 7) is 2.38. The fourth-order valence-corrected chi connectivity index (χ4v) is 2.72. The molecule has 2 aromatic heterocycles. The van der Waals surface area contributed by atoms with Gasteiger partial charge in [0.05, 0.1) is 11.7 Å². The van der Waals surface area contributed by atoms with E-state index in [0.29, 0.717) is 5.75 Å². The zero-order valence-electron chi connectivity index (χ0n) is 10.7. The SMILES string of the molecule is CN1CCC(Cc2ncc3cc(O)ccn23)CC1. The molecule has 0 radical (unpaired) electrons. The van der Waals surface area contributed by atoms with E-state index in [9.17, 15) is 5.11 Å². The second-order valence-corrected chi connectivity index (χ2v) is 5.31. The fraction of sp³-hybridized carbons (Fsp3) is 0.500. The van der Waals surface area contributed by atoms with Crippen molar-refractivity contribution in [3.05, 3.63) is 30.4 Å². The lowest BCUT2D eigenvalue weighted by molar-refractivity contribution is 0.217. The van der Waals surface area contributed by atoms with Crippen LogP contribution in [0.1, 0.15) is 18.7 Å². The van der Waals surface area contributed by atoms with E-state index in [-0.39, 0.29) is 0 Å². The number of piperidine rings is 1. The highest BCUT2D eigenvalue weighted by Gasteiger charge is 2.18. The Morgan fingerprint density at radius 3 is 2.94 bits per heavy atom. The maximum absolute atomic E-state index is 9.44. The lowest BCUT2D eigenvalue weighted by Gasteiger charge is -2.28. The summed E-state index contributed by atoms with van der Waals surface area (Å²) in [5.74, 6) is 2.15. The van der Waals surface area contributed by atoms with Crippen molar-refractivity contribution in [2.24, 2.45) is 5.92 Å². The van der Waals surface area contributed by atoms with Crippen LogP contribution >= 0.6 is 0 Å². The molecule has 0 bridgehead atoms. The average Bonchev–Trinajstić information content (AvgIpc) is 2.74. The summed E-state index contributed by atoms with van der Waals surface area (Å²) in [5, 5.41) is 9.44. The van der Waals surface area contributed by atoms with Crippen molar-refractivity contribution in [1.29, 1.82) is 0 Å². The second kappa shape index (κ2) is 4.61. The van der Waals surface area contributed by atoms with Crippen LogP contribution in [0.4, 0.5) is 0 Å². The summed E-state index contributed by atoms with van der Waals surface area (Å²) < 4.78 is 2.08. The molecule has 0 atom stereocenters. The smallest absolute Gasteiger partial charge is 0.119 e. The van der Waals surface area contributed by atoms with E-state index in [2.05, 4.69) is 21.3 Å². The Morgan fingerprint density at radius 1 is 1.39 bits per heavy atom. The molecule has 18 heavy (non-hydrogen) atoms. The van der Waals surface area contributed by atoms with E-state index < -0.39 is 0 Å². The summed E-state index contributed by atoms with van der Waals surface area (Å²) >= 11 is 0. The fourth-order valence-electron chi connectivity index (χ4n) is 2.72. The molecule has 0 aliphatic carbocycles. The van der Waals surface area contributed by atoms with Crippen molar-refractivity contribution >= 4 is 5.52 Å². The van der Waals surface area contributed by atoms with Gasteiger partial charge in [-0.3, -0.25) is 0 Å². The van der Waals surface area contributed by atoms with Gasteiger partial charge in [0.2, 0.25) is 0 Å². The molecule has 4 nitrogen and oxygen atoms in total. The Kier molecular flexibility index (Phi) is 2.96. The minimum absolute atomic E-state index is 0.299. The third-order valence-corrected chi connectivity index (χ3v) is 3.90. The van der Waals surface area contributed by atoms with Crippen LogP contribution in [0.25, 0.3) is 5.52 Å². The first-order chi connectivity index (χ1) is 8.72. The Labute approximate surface area is 107 Å². The van der Waals surface area contributed by atoms with E-state index in [4.69, 9.17) is 0 Å². The van der Waals surface area contributed by atoms with Crippen LogP contribution in [0.5, 0.6) is 5.75 Å². The number of hydrogen-bond donors (Lipinski definition) is 1. The van der Waals surface area contributed by atoms with Gasteiger partial charge in [-0.25, -0.2) is 4.98 Å². The van der Waals surface area contributed by atoms with Crippen LogP contribution in [0.15, 0.2) is 24.5 Å². The van der Waals surface area contributed by atoms with Gasteiger partial charge in [0.15, 0.2) is 0 Å². The number of aromatic hydroxyl groups is 1. The van der Waals surface area contributed by atoms with Crippen molar-refractivity contribution in [2.75, 3.05) is 20.1 Å². The summed E-state index contributed by atoms with van der Waals surface area (Å²) in [5.41, 5.74) is 0.970. The van der Waals surface area contributed by atoms with Gasteiger partial charge in [0.25, 0.3) is 0 Å². The number of hydrogen-bond acceptors (Lipinski definition) is 3. The standard InChI is InChI=1S/C14H19N3O/c1-16-5-2-11(3-6-16)8-14-15-10-12-9-13(18)4-7-17(12)14/h4,7,9-11,18H,2-3,5-6,8H2,1H3. The molecule has 0 saturated carbocycles. The molecule has 0 unspecified atom stereocenters. The highest BCUT2D eigenvalue weighted by molar-refractivity contribution is 5.50. The van der Waals surface area contributed by atoms with Gasteiger partial charge in [0.1, 0.15) is 11.6 Å². The molecule has 1 aliphatic rings. The maximum atomic E-state index is 9.44. The van der Waals surface area contributed by atoms with Gasteiger partial charge >= 0.3 is 0 Å². The van der Waals surface area contributed by atoms with Crippen LogP contribution < -0.4 is 0 Å². The first-order valence-corrected chi connectivity index (χ1v) is 6.56. The molecule has 3 rings (SSSR count). The lowest BCUT2D eigenvalue weighted by Crippen LogP contribution is -2.31. The summed E-state index contributed by atoms with van der Waals surface area (Å²) in [6, 6.07) is 3.47. The number of likely N-dealkylation sites (tertiary alicyclic amines) is 1. The van der Waals surface area contributed by atoms with Crippen molar-refractivity contribution < 1.29 is 5.11 Å². The first-order valence-electron chi connectivity index (χ1n) is 6.56. The summed E-state index contributed by atoms with van der Waals surface area (Å²) in [4.78, 5) is 6.87. The molecule has 0 amide bonds. The van der Waals surface area contributed by atoms with Crippen LogP contribution in [-0.2, 0) is 6.42 Å². The topological polar surface area (TPSA) is 40.8 Å². The van der Waals surface area contributed by atoms with Crippen LogP contribution in [0.2, 0.25) is 0 Å². The van der Waals surface area contributed by atoms with E-state index in [1.165, 1.54) is 25.9 Å². The largest absolute Gasteiger partial charge is 0.508 e. The first kappa shape index (κ1) is 11.5. The van der Waals surface area contributed by atoms with E-state index >= 15 is 0 Å². The second-order valence-electron chi connectivity index (χ2n) is 5.31. The number of rotatable bonds is 2. The predicted octanol–water partition coefficient (Wildman–Crippen LogP) is 1.92. The minimum atomic E-state index is 0.299. The number of nitrogens with zero attached hydrogens (tertiary/aromatic N) is 3. The summed E-state index contributed by atoms with van der Waals surface area (Å²) in [7, 11) is 2.18.